The molecule has 0 amide bonds. The molecule has 0 saturated carbocycles. The molecule has 0 bridgehead atoms. The van der Waals surface area contributed by atoms with Gasteiger partial charge in [-0.2, -0.15) is 0 Å². The summed E-state index contributed by atoms with van der Waals surface area (Å²) in [6, 6.07) is 10.2. The van der Waals surface area contributed by atoms with E-state index in [-0.39, 0.29) is 0 Å². The molecular formula is C13H9IOS2. The molecule has 3 aromatic rings. The van der Waals surface area contributed by atoms with Crippen molar-refractivity contribution in [1.82, 2.24) is 0 Å². The number of aliphatic hydroxyl groups excluding tert-OH is 1. The molecule has 1 nitrogen and oxygen atoms in total. The molecule has 2 heterocycles. The van der Waals surface area contributed by atoms with E-state index in [1.165, 1.54) is 13.0 Å². The van der Waals surface area contributed by atoms with Crippen LogP contribution in [0.3, 0.4) is 0 Å². The lowest BCUT2D eigenvalue weighted by Crippen LogP contribution is -1.97. The van der Waals surface area contributed by atoms with E-state index in [0.29, 0.717) is 0 Å². The van der Waals surface area contributed by atoms with Gasteiger partial charge in [0.2, 0.25) is 0 Å². The van der Waals surface area contributed by atoms with Gasteiger partial charge in [-0.15, -0.1) is 22.7 Å². The summed E-state index contributed by atoms with van der Waals surface area (Å²) in [6.07, 6.45) is -0.517. The van der Waals surface area contributed by atoms with E-state index >= 15 is 0 Å². The highest BCUT2D eigenvalue weighted by atomic mass is 127. The monoisotopic (exact) mass is 372 g/mol. The van der Waals surface area contributed by atoms with Crippen LogP contribution in [0, 0.1) is 2.88 Å². The van der Waals surface area contributed by atoms with Crippen LogP contribution in [0.2, 0.25) is 0 Å². The molecule has 86 valence electrons. The SMILES string of the molecule is OC(c1csc(I)c1)c1cccc2ccsc12. The first kappa shape index (κ1) is 11.6. The predicted octanol–water partition coefficient (Wildman–Crippen LogP) is 4.65. The summed E-state index contributed by atoms with van der Waals surface area (Å²) in [5.74, 6) is 0. The number of aliphatic hydroxyl groups is 1. The smallest absolute Gasteiger partial charge is 0.106 e. The Labute approximate surface area is 121 Å². The molecule has 2 aromatic heterocycles. The Morgan fingerprint density at radius 3 is 2.82 bits per heavy atom. The second kappa shape index (κ2) is 4.68. The molecule has 0 aliphatic heterocycles. The van der Waals surface area contributed by atoms with Gasteiger partial charge in [-0.1, -0.05) is 18.2 Å². The molecule has 0 aliphatic rings. The van der Waals surface area contributed by atoms with Gasteiger partial charge >= 0.3 is 0 Å². The van der Waals surface area contributed by atoms with Crippen molar-refractivity contribution in [3.63, 3.8) is 0 Å². The molecule has 1 unspecified atom stereocenters. The van der Waals surface area contributed by atoms with Crippen molar-refractivity contribution >= 4 is 55.4 Å². The zero-order chi connectivity index (χ0) is 11.8. The Morgan fingerprint density at radius 2 is 2.06 bits per heavy atom. The van der Waals surface area contributed by atoms with Crippen LogP contribution in [-0.2, 0) is 0 Å². The molecule has 0 aliphatic carbocycles. The van der Waals surface area contributed by atoms with E-state index in [1.807, 2.05) is 23.6 Å². The standard InChI is InChI=1S/C13H9IOS2/c14-11-6-9(7-17-11)12(15)10-3-1-2-8-4-5-16-13(8)10/h1-7,12,15H. The number of fused-ring (bicyclic) bond motifs is 1. The average Bonchev–Trinajstić information content (AvgIpc) is 2.95. The molecule has 4 heteroatoms. The van der Waals surface area contributed by atoms with Gasteiger partial charge in [0.15, 0.2) is 0 Å². The Bertz CT molecular complexity index is 656. The number of hydrogen-bond donors (Lipinski definition) is 1. The number of hydrogen-bond acceptors (Lipinski definition) is 3. The third kappa shape index (κ3) is 2.14. The van der Waals surface area contributed by atoms with E-state index < -0.39 is 6.10 Å². The highest BCUT2D eigenvalue weighted by Gasteiger charge is 2.15. The van der Waals surface area contributed by atoms with Crippen molar-refractivity contribution in [2.45, 2.75) is 6.10 Å². The fraction of sp³-hybridized carbons (Fsp3) is 0.0769. The van der Waals surface area contributed by atoms with E-state index in [2.05, 4.69) is 40.1 Å². The maximum absolute atomic E-state index is 10.4. The summed E-state index contributed by atoms with van der Waals surface area (Å²) in [5, 5.41) is 15.7. The molecule has 3 rings (SSSR count). The third-order valence-electron chi connectivity index (χ3n) is 2.71. The topological polar surface area (TPSA) is 20.2 Å². The van der Waals surface area contributed by atoms with E-state index in [9.17, 15) is 5.11 Å². The summed E-state index contributed by atoms with van der Waals surface area (Å²) in [4.78, 5) is 0. The first-order valence-electron chi connectivity index (χ1n) is 5.14. The predicted molar refractivity (Wildman–Crippen MR) is 82.9 cm³/mol. The van der Waals surface area contributed by atoms with Crippen molar-refractivity contribution in [3.8, 4) is 0 Å². The van der Waals surface area contributed by atoms with Crippen molar-refractivity contribution in [2.75, 3.05) is 0 Å². The fourth-order valence-electron chi connectivity index (χ4n) is 1.88. The molecule has 1 aromatic carbocycles. The van der Waals surface area contributed by atoms with Crippen LogP contribution < -0.4 is 0 Å². The lowest BCUT2D eigenvalue weighted by molar-refractivity contribution is 0.222. The van der Waals surface area contributed by atoms with E-state index in [4.69, 9.17) is 0 Å². The van der Waals surface area contributed by atoms with Gasteiger partial charge in [0, 0.05) is 10.3 Å². The minimum Gasteiger partial charge on any atom is -0.384 e. The van der Waals surface area contributed by atoms with Crippen LogP contribution in [0.4, 0.5) is 0 Å². The van der Waals surface area contributed by atoms with Crippen LogP contribution in [0.25, 0.3) is 10.1 Å². The van der Waals surface area contributed by atoms with Crippen molar-refractivity contribution < 1.29 is 5.11 Å². The lowest BCUT2D eigenvalue weighted by Gasteiger charge is -2.10. The van der Waals surface area contributed by atoms with Crippen LogP contribution in [0.15, 0.2) is 41.1 Å². The zero-order valence-corrected chi connectivity index (χ0v) is 12.6. The highest BCUT2D eigenvalue weighted by molar-refractivity contribution is 14.1. The number of thiophene rings is 2. The maximum Gasteiger partial charge on any atom is 0.106 e. The second-order valence-corrected chi connectivity index (χ2v) is 7.49. The summed E-state index contributed by atoms with van der Waals surface area (Å²) in [7, 11) is 0. The van der Waals surface area contributed by atoms with Crippen molar-refractivity contribution in [1.29, 1.82) is 0 Å². The van der Waals surface area contributed by atoms with E-state index in [0.717, 1.165) is 11.1 Å². The summed E-state index contributed by atoms with van der Waals surface area (Å²) < 4.78 is 2.39. The normalized spacial score (nSPS) is 13.1. The molecular weight excluding hydrogens is 363 g/mol. The largest absolute Gasteiger partial charge is 0.384 e. The molecule has 0 spiro atoms. The first-order chi connectivity index (χ1) is 8.25. The zero-order valence-electron chi connectivity index (χ0n) is 8.76. The number of benzene rings is 1. The number of rotatable bonds is 2. The van der Waals surface area contributed by atoms with Crippen LogP contribution in [0.5, 0.6) is 0 Å². The quantitative estimate of drug-likeness (QED) is 0.650. The first-order valence-corrected chi connectivity index (χ1v) is 7.97. The van der Waals surface area contributed by atoms with E-state index in [1.54, 1.807) is 22.7 Å². The molecule has 0 radical (unpaired) electrons. The number of halogens is 1. The minimum absolute atomic E-state index is 0.517. The molecule has 17 heavy (non-hydrogen) atoms. The lowest BCUT2D eigenvalue weighted by atomic mass is 10.0. The fourth-order valence-corrected chi connectivity index (χ4v) is 4.21. The van der Waals surface area contributed by atoms with Crippen molar-refractivity contribution in [2.24, 2.45) is 0 Å². The summed E-state index contributed by atoms with van der Waals surface area (Å²) >= 11 is 5.63. The minimum atomic E-state index is -0.517. The summed E-state index contributed by atoms with van der Waals surface area (Å²) in [6.45, 7) is 0. The van der Waals surface area contributed by atoms with Gasteiger partial charge in [-0.3, -0.25) is 0 Å². The molecule has 0 fully saturated rings. The van der Waals surface area contributed by atoms with Gasteiger partial charge in [0.05, 0.1) is 2.88 Å². The van der Waals surface area contributed by atoms with Crippen molar-refractivity contribution in [3.05, 3.63) is 55.1 Å². The van der Waals surface area contributed by atoms with Crippen LogP contribution in [-0.4, -0.2) is 5.11 Å². The van der Waals surface area contributed by atoms with Gasteiger partial charge in [-0.25, -0.2) is 0 Å². The van der Waals surface area contributed by atoms with Gasteiger partial charge in [0.1, 0.15) is 6.10 Å². The Kier molecular flexibility index (Phi) is 3.21. The third-order valence-corrected chi connectivity index (χ3v) is 5.49. The Morgan fingerprint density at radius 1 is 1.18 bits per heavy atom. The molecule has 0 saturated heterocycles. The molecule has 1 atom stereocenters. The average molecular weight is 372 g/mol. The van der Waals surface area contributed by atoms with Gasteiger partial charge in [0.25, 0.3) is 0 Å². The van der Waals surface area contributed by atoms with Crippen LogP contribution in [0.1, 0.15) is 17.2 Å². The van der Waals surface area contributed by atoms with Gasteiger partial charge < -0.3 is 5.11 Å². The highest BCUT2D eigenvalue weighted by Crippen LogP contribution is 2.33. The Balaban J connectivity index is 2.12. The Hall–Kier alpha value is -0.430. The molecule has 1 N–H and O–H groups in total. The maximum atomic E-state index is 10.4. The second-order valence-electron chi connectivity index (χ2n) is 3.77. The van der Waals surface area contributed by atoms with Gasteiger partial charge in [-0.05, 0) is 56.4 Å². The van der Waals surface area contributed by atoms with Crippen LogP contribution >= 0.6 is 45.3 Å². The summed E-state index contributed by atoms with van der Waals surface area (Å²) in [5.41, 5.74) is 1.99.